The van der Waals surface area contributed by atoms with Crippen molar-refractivity contribution in [1.82, 2.24) is 19.8 Å². The zero-order valence-corrected chi connectivity index (χ0v) is 18.8. The molecular formula is C23H27N5O2S. The van der Waals surface area contributed by atoms with Crippen LogP contribution >= 0.6 is 11.8 Å². The topological polar surface area (TPSA) is 72.3 Å². The van der Waals surface area contributed by atoms with Gasteiger partial charge in [-0.2, -0.15) is 0 Å². The zero-order chi connectivity index (χ0) is 21.8. The van der Waals surface area contributed by atoms with E-state index in [1.807, 2.05) is 84.9 Å². The molecule has 2 aromatic carbocycles. The first kappa shape index (κ1) is 21.2. The van der Waals surface area contributed by atoms with Crippen LogP contribution in [0.1, 0.15) is 32.4 Å². The Bertz CT molecular complexity index is 1020. The van der Waals surface area contributed by atoms with Crippen molar-refractivity contribution in [3.63, 3.8) is 0 Å². The second kappa shape index (κ2) is 9.43. The monoisotopic (exact) mass is 437 g/mol. The molecule has 1 aromatic heterocycles. The van der Waals surface area contributed by atoms with Crippen molar-refractivity contribution >= 4 is 17.7 Å². The lowest BCUT2D eigenvalue weighted by Crippen LogP contribution is -2.46. The van der Waals surface area contributed by atoms with Crippen molar-refractivity contribution < 1.29 is 9.53 Å². The van der Waals surface area contributed by atoms with Crippen molar-refractivity contribution in [3.8, 4) is 17.1 Å². The Morgan fingerprint density at radius 3 is 2.42 bits per heavy atom. The molecule has 1 N–H and O–H groups in total. The predicted octanol–water partition coefficient (Wildman–Crippen LogP) is 3.97. The number of amides is 1. The fourth-order valence-corrected chi connectivity index (χ4v) is 4.88. The average Bonchev–Trinajstić information content (AvgIpc) is 3.23. The van der Waals surface area contributed by atoms with Crippen LogP contribution in [0.25, 0.3) is 11.4 Å². The molecule has 4 rings (SSSR count). The van der Waals surface area contributed by atoms with Crippen molar-refractivity contribution in [2.45, 2.75) is 37.2 Å². The summed E-state index contributed by atoms with van der Waals surface area (Å²) in [5.74, 6) is 1.64. The highest BCUT2D eigenvalue weighted by Crippen LogP contribution is 2.39. The number of carbonyl (C=O) groups excluding carboxylic acids is 1. The minimum Gasteiger partial charge on any atom is -0.494 e. The van der Waals surface area contributed by atoms with Gasteiger partial charge in [0, 0.05) is 18.7 Å². The Hall–Kier alpha value is -3.00. The summed E-state index contributed by atoms with van der Waals surface area (Å²) in [5, 5.41) is 9.10. The lowest BCUT2D eigenvalue weighted by molar-refractivity contribution is -0.130. The maximum atomic E-state index is 13.4. The normalized spacial score (nSPS) is 17.5. The third-order valence-electron chi connectivity index (χ3n) is 5.34. The third-order valence-corrected chi connectivity index (χ3v) is 6.54. The summed E-state index contributed by atoms with van der Waals surface area (Å²) >= 11 is 1.46. The molecule has 31 heavy (non-hydrogen) atoms. The first-order chi connectivity index (χ1) is 15.2. The summed E-state index contributed by atoms with van der Waals surface area (Å²) in [4.78, 5) is 15.2. The third kappa shape index (κ3) is 4.25. The van der Waals surface area contributed by atoms with Crippen molar-refractivity contribution in [2.75, 3.05) is 25.1 Å². The molecule has 0 aliphatic carbocycles. The molecule has 0 saturated carbocycles. The van der Waals surface area contributed by atoms with Crippen LogP contribution in [-0.2, 0) is 4.79 Å². The first-order valence-corrected chi connectivity index (χ1v) is 11.5. The number of fused-ring (bicyclic) bond motifs is 1. The van der Waals surface area contributed by atoms with Crippen LogP contribution in [0, 0.1) is 0 Å². The maximum absolute atomic E-state index is 13.4. The van der Waals surface area contributed by atoms with Gasteiger partial charge in [0.15, 0.2) is 5.82 Å². The van der Waals surface area contributed by atoms with Crippen LogP contribution < -0.4 is 10.2 Å². The van der Waals surface area contributed by atoms with Gasteiger partial charge in [-0.15, -0.1) is 10.2 Å². The minimum atomic E-state index is -0.349. The highest BCUT2D eigenvalue weighted by molar-refractivity contribution is 8.00. The van der Waals surface area contributed by atoms with E-state index in [9.17, 15) is 4.79 Å². The molecule has 0 bridgehead atoms. The molecule has 162 valence electrons. The number of rotatable bonds is 7. The summed E-state index contributed by atoms with van der Waals surface area (Å²) in [5.41, 5.74) is 5.51. The molecule has 8 heteroatoms. The molecule has 1 aliphatic heterocycles. The van der Waals surface area contributed by atoms with Crippen molar-refractivity contribution in [3.05, 3.63) is 60.2 Å². The molecule has 0 saturated heterocycles. The van der Waals surface area contributed by atoms with Crippen LogP contribution in [0.2, 0.25) is 0 Å². The number of nitrogens with one attached hydrogen (secondary N) is 1. The Kier molecular flexibility index (Phi) is 6.46. The molecule has 1 amide bonds. The molecule has 1 aliphatic rings. The first-order valence-electron chi connectivity index (χ1n) is 10.6. The molecule has 2 heterocycles. The van der Waals surface area contributed by atoms with Gasteiger partial charge in [-0.25, -0.2) is 4.68 Å². The Balaban J connectivity index is 1.73. The van der Waals surface area contributed by atoms with Crippen molar-refractivity contribution in [1.29, 1.82) is 0 Å². The van der Waals surface area contributed by atoms with E-state index in [4.69, 9.17) is 4.74 Å². The van der Waals surface area contributed by atoms with Gasteiger partial charge in [-0.3, -0.25) is 4.79 Å². The van der Waals surface area contributed by atoms with Gasteiger partial charge < -0.3 is 15.1 Å². The van der Waals surface area contributed by atoms with E-state index >= 15 is 0 Å². The summed E-state index contributed by atoms with van der Waals surface area (Å²) in [6, 6.07) is 17.6. The number of aromatic nitrogens is 3. The van der Waals surface area contributed by atoms with E-state index < -0.39 is 0 Å². The van der Waals surface area contributed by atoms with Crippen molar-refractivity contribution in [2.24, 2.45) is 0 Å². The smallest absolute Gasteiger partial charge is 0.238 e. The van der Waals surface area contributed by atoms with Crippen LogP contribution in [0.5, 0.6) is 5.75 Å². The Morgan fingerprint density at radius 2 is 1.77 bits per heavy atom. The standard InChI is InChI=1S/C23H27N5O2S/c1-4-27(5-2)22(29)20-19(16-12-14-18(15-13-16)30-6-3)26-28-21(24-25-23(28)31-20)17-10-8-7-9-11-17/h7-15,19-20,26H,4-6H2,1-3H3/t19-,20-/m1/s1. The summed E-state index contributed by atoms with van der Waals surface area (Å²) < 4.78 is 7.49. The van der Waals surface area contributed by atoms with Crippen LogP contribution in [0.3, 0.4) is 0 Å². The molecule has 0 radical (unpaired) electrons. The highest BCUT2D eigenvalue weighted by Gasteiger charge is 2.39. The largest absolute Gasteiger partial charge is 0.494 e. The van der Waals surface area contributed by atoms with E-state index in [0.717, 1.165) is 22.7 Å². The molecule has 3 aromatic rings. The van der Waals surface area contributed by atoms with E-state index in [1.54, 1.807) is 0 Å². The second-order valence-corrected chi connectivity index (χ2v) is 8.27. The number of thioether (sulfide) groups is 1. The van der Waals surface area contributed by atoms with Gasteiger partial charge in [-0.1, -0.05) is 54.2 Å². The number of hydrogen-bond donors (Lipinski definition) is 1. The average molecular weight is 438 g/mol. The maximum Gasteiger partial charge on any atom is 0.238 e. The number of carbonyl (C=O) groups is 1. The molecule has 0 unspecified atom stereocenters. The van der Waals surface area contributed by atoms with E-state index in [-0.39, 0.29) is 17.2 Å². The molecule has 7 nitrogen and oxygen atoms in total. The molecule has 0 fully saturated rings. The van der Waals surface area contributed by atoms with Gasteiger partial charge in [0.25, 0.3) is 0 Å². The summed E-state index contributed by atoms with van der Waals surface area (Å²) in [6.07, 6.45) is 0. The van der Waals surface area contributed by atoms with Crippen LogP contribution in [-0.4, -0.2) is 50.6 Å². The predicted molar refractivity (Wildman–Crippen MR) is 123 cm³/mol. The molecule has 0 spiro atoms. The molecular weight excluding hydrogens is 410 g/mol. The van der Waals surface area contributed by atoms with E-state index in [2.05, 4.69) is 15.6 Å². The molecule has 2 atom stereocenters. The number of nitrogens with zero attached hydrogens (tertiary/aromatic N) is 4. The van der Waals surface area contributed by atoms with Gasteiger partial charge >= 0.3 is 0 Å². The minimum absolute atomic E-state index is 0.0943. The lowest BCUT2D eigenvalue weighted by Gasteiger charge is -2.35. The van der Waals surface area contributed by atoms with Gasteiger partial charge in [0.05, 0.1) is 12.6 Å². The number of hydrogen-bond acceptors (Lipinski definition) is 6. The summed E-state index contributed by atoms with van der Waals surface area (Å²) in [7, 11) is 0. The SMILES string of the molecule is CCOc1ccc([C@H]2Nn3c(nnc3-c3ccccc3)S[C@H]2C(=O)N(CC)CC)cc1. The Morgan fingerprint density at radius 1 is 1.06 bits per heavy atom. The second-order valence-electron chi connectivity index (χ2n) is 7.17. The lowest BCUT2D eigenvalue weighted by atomic mass is 10.0. The van der Waals surface area contributed by atoms with E-state index in [1.165, 1.54) is 11.8 Å². The Labute approximate surface area is 186 Å². The van der Waals surface area contributed by atoms with Crippen LogP contribution in [0.4, 0.5) is 0 Å². The fourth-order valence-electron chi connectivity index (χ4n) is 3.72. The van der Waals surface area contributed by atoms with Gasteiger partial charge in [-0.05, 0) is 38.5 Å². The quantitative estimate of drug-likeness (QED) is 0.603. The summed E-state index contributed by atoms with van der Waals surface area (Å²) in [6.45, 7) is 7.93. The van der Waals surface area contributed by atoms with Crippen LogP contribution in [0.15, 0.2) is 59.8 Å². The zero-order valence-electron chi connectivity index (χ0n) is 18.0. The van der Waals surface area contributed by atoms with Gasteiger partial charge in [0.1, 0.15) is 11.0 Å². The number of ether oxygens (including phenoxy) is 1. The number of benzene rings is 2. The fraction of sp³-hybridized carbons (Fsp3) is 0.348. The highest BCUT2D eigenvalue weighted by atomic mass is 32.2. The van der Waals surface area contributed by atoms with Gasteiger partial charge in [0.2, 0.25) is 11.1 Å². The van der Waals surface area contributed by atoms with E-state index in [0.29, 0.717) is 24.9 Å².